The molecule has 2 aromatic carbocycles. The molecule has 0 saturated carbocycles. The van der Waals surface area contributed by atoms with Crippen LogP contribution in [0.2, 0.25) is 0 Å². The fourth-order valence-corrected chi connectivity index (χ4v) is 6.03. The van der Waals surface area contributed by atoms with Crippen molar-refractivity contribution in [1.82, 2.24) is 24.9 Å². The van der Waals surface area contributed by atoms with Crippen molar-refractivity contribution >= 4 is 36.6 Å². The molecule has 216 valence electrons. The fraction of sp³-hybridized carbons (Fsp3) is 0.452. The molecule has 2 amide bonds. The number of piperazine rings is 1. The first-order valence-corrected chi connectivity index (χ1v) is 13.8. The lowest BCUT2D eigenvalue weighted by Crippen LogP contribution is -2.72. The summed E-state index contributed by atoms with van der Waals surface area (Å²) < 4.78 is 2.01. The minimum atomic E-state index is -0.810. The van der Waals surface area contributed by atoms with Gasteiger partial charge in [-0.1, -0.05) is 62.4 Å². The molecule has 1 N–H and O–H groups in total. The van der Waals surface area contributed by atoms with E-state index in [1.54, 1.807) is 0 Å². The molecule has 1 atom stereocenters. The van der Waals surface area contributed by atoms with Crippen molar-refractivity contribution in [3.63, 3.8) is 0 Å². The molecule has 2 aliphatic heterocycles. The van der Waals surface area contributed by atoms with Crippen LogP contribution in [0.3, 0.4) is 0 Å². The Balaban J connectivity index is 0.00000220. The summed E-state index contributed by atoms with van der Waals surface area (Å²) in [4.78, 5) is 31.8. The number of benzene rings is 2. The normalized spacial score (nSPS) is 18.8. The molecule has 7 nitrogen and oxygen atoms in total. The Bertz CT molecular complexity index is 1290. The van der Waals surface area contributed by atoms with Gasteiger partial charge in [0.15, 0.2) is 0 Å². The Hall–Kier alpha value is -2.87. The summed E-state index contributed by atoms with van der Waals surface area (Å²) in [6.45, 7) is 11.1. The lowest BCUT2D eigenvalue weighted by molar-refractivity contribution is -0.162. The number of carbonyl (C=O) groups is 2. The minimum Gasteiger partial charge on any atom is -0.342 e. The van der Waals surface area contributed by atoms with E-state index in [9.17, 15) is 9.59 Å². The van der Waals surface area contributed by atoms with Gasteiger partial charge >= 0.3 is 0 Å². The third-order valence-corrected chi connectivity index (χ3v) is 8.21. The molecule has 5 rings (SSSR count). The summed E-state index contributed by atoms with van der Waals surface area (Å²) in [5.74, 6) is 0.371. The molecule has 0 aliphatic carbocycles. The minimum absolute atomic E-state index is 0. The van der Waals surface area contributed by atoms with Gasteiger partial charge in [0.25, 0.3) is 0 Å². The molecular weight excluding hydrogens is 545 g/mol. The van der Waals surface area contributed by atoms with E-state index in [0.717, 1.165) is 42.3 Å². The second-order valence-electron chi connectivity index (χ2n) is 11.3. The molecule has 1 unspecified atom stereocenters. The predicted octanol–water partition coefficient (Wildman–Crippen LogP) is 5.24. The molecule has 2 aliphatic rings. The molecule has 1 spiro atoms. The van der Waals surface area contributed by atoms with Crippen molar-refractivity contribution in [2.24, 2.45) is 5.92 Å². The summed E-state index contributed by atoms with van der Waals surface area (Å²) in [5, 5.41) is 7.93. The number of halogens is 2. The standard InChI is InChI=1S/C31H39N5O2.2ClH/c1-22(2)19-28-29(37)35(20-25-11-7-5-8-12-25)31(30(38)32-28)15-17-34(18-16-31)21-27-23(3)33-36(24(27)4)26-13-9-6-10-14-26;;/h5-14,22,28H,15-21H2,1-4H3,(H,32,38);2*1H. The van der Waals surface area contributed by atoms with E-state index in [1.807, 2.05) is 58.1 Å². The number of hydrogen-bond donors (Lipinski definition) is 1. The zero-order chi connectivity index (χ0) is 26.9. The fourth-order valence-electron chi connectivity index (χ4n) is 6.03. The predicted molar refractivity (Wildman–Crippen MR) is 163 cm³/mol. The maximum Gasteiger partial charge on any atom is 0.246 e. The van der Waals surface area contributed by atoms with Crippen molar-refractivity contribution in [1.29, 1.82) is 0 Å². The lowest BCUT2D eigenvalue weighted by Gasteiger charge is -2.52. The van der Waals surface area contributed by atoms with Gasteiger partial charge in [0, 0.05) is 37.4 Å². The summed E-state index contributed by atoms with van der Waals surface area (Å²) in [6, 6.07) is 19.8. The van der Waals surface area contributed by atoms with E-state index >= 15 is 0 Å². The van der Waals surface area contributed by atoms with E-state index < -0.39 is 11.6 Å². The first kappa shape index (κ1) is 31.7. The van der Waals surface area contributed by atoms with Gasteiger partial charge in [-0.3, -0.25) is 14.5 Å². The van der Waals surface area contributed by atoms with Crippen molar-refractivity contribution in [3.8, 4) is 5.69 Å². The number of nitrogens with zero attached hydrogens (tertiary/aromatic N) is 4. The Morgan fingerprint density at radius 3 is 2.12 bits per heavy atom. The van der Waals surface area contributed by atoms with Crippen molar-refractivity contribution in [3.05, 3.63) is 83.2 Å². The van der Waals surface area contributed by atoms with Crippen molar-refractivity contribution in [2.75, 3.05) is 13.1 Å². The van der Waals surface area contributed by atoms with Crippen molar-refractivity contribution < 1.29 is 9.59 Å². The molecular formula is C31H41Cl2N5O2. The van der Waals surface area contributed by atoms with Crippen LogP contribution in [0.1, 0.15) is 55.6 Å². The third-order valence-electron chi connectivity index (χ3n) is 8.21. The van der Waals surface area contributed by atoms with E-state index in [2.05, 4.69) is 50.0 Å². The number of carbonyl (C=O) groups excluding carboxylic acids is 2. The molecule has 9 heteroatoms. The number of piperidine rings is 1. The van der Waals surface area contributed by atoms with E-state index in [-0.39, 0.29) is 36.6 Å². The highest BCUT2D eigenvalue weighted by Crippen LogP contribution is 2.36. The number of nitrogens with one attached hydrogen (secondary N) is 1. The first-order valence-electron chi connectivity index (χ1n) is 13.8. The molecule has 3 aromatic rings. The topological polar surface area (TPSA) is 70.5 Å². The molecule has 2 fully saturated rings. The highest BCUT2D eigenvalue weighted by molar-refractivity contribution is 6.00. The van der Waals surface area contributed by atoms with E-state index in [1.165, 1.54) is 5.56 Å². The highest BCUT2D eigenvalue weighted by Gasteiger charge is 2.53. The third kappa shape index (κ3) is 6.22. The summed E-state index contributed by atoms with van der Waals surface area (Å²) >= 11 is 0. The second-order valence-corrected chi connectivity index (χ2v) is 11.3. The van der Waals surface area contributed by atoms with Gasteiger partial charge < -0.3 is 10.2 Å². The van der Waals surface area contributed by atoms with Gasteiger partial charge in [-0.15, -0.1) is 24.8 Å². The van der Waals surface area contributed by atoms with Crippen LogP contribution in [0, 0.1) is 19.8 Å². The van der Waals surface area contributed by atoms with Crippen LogP contribution >= 0.6 is 24.8 Å². The number of aryl methyl sites for hydroxylation is 1. The van der Waals surface area contributed by atoms with Gasteiger partial charge in [-0.2, -0.15) is 5.10 Å². The van der Waals surface area contributed by atoms with Crippen LogP contribution in [0.15, 0.2) is 60.7 Å². The van der Waals surface area contributed by atoms with Crippen LogP contribution in [0.25, 0.3) is 5.69 Å². The maximum atomic E-state index is 13.8. The smallest absolute Gasteiger partial charge is 0.246 e. The van der Waals surface area contributed by atoms with Gasteiger partial charge in [-0.25, -0.2) is 4.68 Å². The van der Waals surface area contributed by atoms with Gasteiger partial charge in [0.2, 0.25) is 11.8 Å². The molecule has 2 saturated heterocycles. The largest absolute Gasteiger partial charge is 0.342 e. The van der Waals surface area contributed by atoms with Gasteiger partial charge in [0.05, 0.1) is 11.4 Å². The SMILES string of the molecule is Cc1nn(-c2ccccc2)c(C)c1CN1CCC2(CC1)C(=O)NC(CC(C)C)C(=O)N2Cc1ccccc1.Cl.Cl. The van der Waals surface area contributed by atoms with Crippen LogP contribution in [0.4, 0.5) is 0 Å². The summed E-state index contributed by atoms with van der Waals surface area (Å²) in [6.07, 6.45) is 1.90. The number of amides is 2. The average molecular weight is 587 g/mol. The lowest BCUT2D eigenvalue weighted by atomic mass is 9.80. The zero-order valence-electron chi connectivity index (χ0n) is 23.8. The number of aromatic nitrogens is 2. The van der Waals surface area contributed by atoms with Gasteiger partial charge in [-0.05, 0) is 56.7 Å². The number of rotatable bonds is 7. The molecule has 1 aromatic heterocycles. The van der Waals surface area contributed by atoms with Crippen LogP contribution < -0.4 is 5.32 Å². The summed E-state index contributed by atoms with van der Waals surface area (Å²) in [7, 11) is 0. The zero-order valence-corrected chi connectivity index (χ0v) is 25.4. The number of likely N-dealkylation sites (tertiary alicyclic amines) is 1. The van der Waals surface area contributed by atoms with E-state index in [4.69, 9.17) is 5.10 Å². The second kappa shape index (κ2) is 13.2. The van der Waals surface area contributed by atoms with Crippen molar-refractivity contribution in [2.45, 2.75) is 71.6 Å². The van der Waals surface area contributed by atoms with Crippen LogP contribution in [-0.2, 0) is 22.7 Å². The highest BCUT2D eigenvalue weighted by atomic mass is 35.5. The Morgan fingerprint density at radius 1 is 0.925 bits per heavy atom. The first-order chi connectivity index (χ1) is 18.3. The molecule has 40 heavy (non-hydrogen) atoms. The maximum absolute atomic E-state index is 13.8. The molecule has 3 heterocycles. The van der Waals surface area contributed by atoms with E-state index in [0.29, 0.717) is 31.7 Å². The Morgan fingerprint density at radius 2 is 1.52 bits per heavy atom. The average Bonchev–Trinajstić information content (AvgIpc) is 3.20. The van der Waals surface area contributed by atoms with Crippen LogP contribution in [0.5, 0.6) is 0 Å². The quantitative estimate of drug-likeness (QED) is 0.411. The number of para-hydroxylation sites is 1. The number of hydrogen-bond acceptors (Lipinski definition) is 4. The van der Waals surface area contributed by atoms with Crippen LogP contribution in [-0.4, -0.2) is 56.1 Å². The molecule has 0 radical (unpaired) electrons. The van der Waals surface area contributed by atoms with Gasteiger partial charge in [0.1, 0.15) is 11.6 Å². The Kier molecular flexibility index (Phi) is 10.4. The summed E-state index contributed by atoms with van der Waals surface area (Å²) in [5.41, 5.74) is 4.70. The molecule has 0 bridgehead atoms. The Labute approximate surface area is 250 Å². The monoisotopic (exact) mass is 585 g/mol.